The monoisotopic (exact) mass is 252 g/mol. The fourth-order valence-electron chi connectivity index (χ4n) is 2.08. The number of carbonyl (C=O) groups excluding carboxylic acids is 1. The second-order valence-corrected chi connectivity index (χ2v) is 4.13. The van der Waals surface area contributed by atoms with Crippen molar-refractivity contribution in [2.24, 2.45) is 0 Å². The highest BCUT2D eigenvalue weighted by atomic mass is 16.5. The van der Waals surface area contributed by atoms with Gasteiger partial charge in [0.05, 0.1) is 34.5 Å². The van der Waals surface area contributed by atoms with Gasteiger partial charge in [-0.2, -0.15) is 0 Å². The first-order valence-electron chi connectivity index (χ1n) is 5.56. The Morgan fingerprint density at radius 3 is 2.39 bits per heavy atom. The van der Waals surface area contributed by atoms with E-state index < -0.39 is 5.41 Å². The highest BCUT2D eigenvalue weighted by molar-refractivity contribution is 5.85. The third kappa shape index (κ3) is 1.80. The van der Waals surface area contributed by atoms with E-state index in [4.69, 9.17) is 18.9 Å². The van der Waals surface area contributed by atoms with Gasteiger partial charge < -0.3 is 18.9 Å². The summed E-state index contributed by atoms with van der Waals surface area (Å²) in [5.74, 6) is 0.969. The second kappa shape index (κ2) is 4.86. The molecule has 0 saturated carbocycles. The number of esters is 1. The summed E-state index contributed by atoms with van der Waals surface area (Å²) in [5, 5.41) is 0. The van der Waals surface area contributed by atoms with Crippen LogP contribution in [0.4, 0.5) is 0 Å². The molecule has 1 aromatic carbocycles. The van der Waals surface area contributed by atoms with E-state index in [1.807, 2.05) is 6.07 Å². The van der Waals surface area contributed by atoms with E-state index in [-0.39, 0.29) is 5.97 Å². The average Bonchev–Trinajstić information content (AvgIpc) is 2.37. The molecule has 1 heterocycles. The number of hydrogen-bond acceptors (Lipinski definition) is 5. The molecule has 0 radical (unpaired) electrons. The number of hydrogen-bond donors (Lipinski definition) is 0. The van der Waals surface area contributed by atoms with Crippen LogP contribution in [0, 0.1) is 0 Å². The first kappa shape index (κ1) is 12.7. The summed E-state index contributed by atoms with van der Waals surface area (Å²) in [4.78, 5) is 12.0. The molecule has 1 saturated heterocycles. The minimum absolute atomic E-state index is 0.308. The highest BCUT2D eigenvalue weighted by Gasteiger charge is 2.50. The van der Waals surface area contributed by atoms with E-state index in [2.05, 4.69) is 0 Å². The van der Waals surface area contributed by atoms with Gasteiger partial charge in [-0.15, -0.1) is 0 Å². The third-order valence-corrected chi connectivity index (χ3v) is 3.20. The molecular formula is C13H16O5. The molecule has 1 aromatic rings. The molecule has 0 atom stereocenters. The van der Waals surface area contributed by atoms with Crippen LogP contribution in [0.5, 0.6) is 11.5 Å². The fourth-order valence-corrected chi connectivity index (χ4v) is 2.08. The van der Waals surface area contributed by atoms with Gasteiger partial charge in [0.25, 0.3) is 0 Å². The molecule has 0 bridgehead atoms. The zero-order valence-electron chi connectivity index (χ0n) is 10.7. The Kier molecular flexibility index (Phi) is 3.43. The van der Waals surface area contributed by atoms with E-state index in [1.54, 1.807) is 26.4 Å². The topological polar surface area (TPSA) is 54.0 Å². The van der Waals surface area contributed by atoms with Crippen molar-refractivity contribution in [3.63, 3.8) is 0 Å². The fraction of sp³-hybridized carbons (Fsp3) is 0.462. The van der Waals surface area contributed by atoms with Crippen molar-refractivity contribution in [2.45, 2.75) is 5.41 Å². The molecule has 2 rings (SSSR count). The average molecular weight is 252 g/mol. The van der Waals surface area contributed by atoms with Crippen LogP contribution < -0.4 is 9.47 Å². The van der Waals surface area contributed by atoms with Crippen molar-refractivity contribution in [1.29, 1.82) is 0 Å². The van der Waals surface area contributed by atoms with Gasteiger partial charge in [0.2, 0.25) is 0 Å². The summed E-state index contributed by atoms with van der Waals surface area (Å²) in [6.07, 6.45) is 0. The lowest BCUT2D eigenvalue weighted by molar-refractivity contribution is -0.166. The lowest BCUT2D eigenvalue weighted by Gasteiger charge is -2.39. The maximum Gasteiger partial charge on any atom is 0.321 e. The zero-order chi connectivity index (χ0) is 13.2. The SMILES string of the molecule is COC(=O)C1(c2ccc(OC)cc2OC)COC1. The molecule has 5 heteroatoms. The van der Waals surface area contributed by atoms with Crippen LogP contribution in [0.25, 0.3) is 0 Å². The maximum absolute atomic E-state index is 12.0. The molecule has 98 valence electrons. The van der Waals surface area contributed by atoms with Crippen molar-refractivity contribution in [1.82, 2.24) is 0 Å². The summed E-state index contributed by atoms with van der Waals surface area (Å²) in [6, 6.07) is 5.36. The largest absolute Gasteiger partial charge is 0.497 e. The second-order valence-electron chi connectivity index (χ2n) is 4.13. The van der Waals surface area contributed by atoms with Crippen LogP contribution in [0.2, 0.25) is 0 Å². The van der Waals surface area contributed by atoms with Crippen molar-refractivity contribution >= 4 is 5.97 Å². The van der Waals surface area contributed by atoms with Gasteiger partial charge in [-0.1, -0.05) is 6.07 Å². The molecule has 0 unspecified atom stereocenters. The van der Waals surface area contributed by atoms with E-state index in [1.165, 1.54) is 7.11 Å². The van der Waals surface area contributed by atoms with Crippen LogP contribution >= 0.6 is 0 Å². The Balaban J connectivity index is 2.45. The summed E-state index contributed by atoms with van der Waals surface area (Å²) >= 11 is 0. The minimum atomic E-state index is -0.758. The Hall–Kier alpha value is -1.75. The molecule has 1 aliphatic heterocycles. The normalized spacial score (nSPS) is 16.6. The molecule has 0 amide bonds. The predicted octanol–water partition coefficient (Wildman–Crippen LogP) is 1.14. The van der Waals surface area contributed by atoms with Crippen LogP contribution in [-0.2, 0) is 19.7 Å². The van der Waals surface area contributed by atoms with Crippen molar-refractivity contribution < 1.29 is 23.7 Å². The molecule has 0 N–H and O–H groups in total. The van der Waals surface area contributed by atoms with E-state index in [0.29, 0.717) is 24.7 Å². The maximum atomic E-state index is 12.0. The van der Waals surface area contributed by atoms with E-state index >= 15 is 0 Å². The Labute approximate surface area is 106 Å². The van der Waals surface area contributed by atoms with Gasteiger partial charge in [-0.3, -0.25) is 4.79 Å². The Morgan fingerprint density at radius 1 is 1.22 bits per heavy atom. The lowest BCUT2D eigenvalue weighted by Crippen LogP contribution is -2.53. The quantitative estimate of drug-likeness (QED) is 0.752. The first-order chi connectivity index (χ1) is 8.67. The number of benzene rings is 1. The van der Waals surface area contributed by atoms with Crippen LogP contribution in [0.1, 0.15) is 5.56 Å². The van der Waals surface area contributed by atoms with Crippen LogP contribution in [0.15, 0.2) is 18.2 Å². The summed E-state index contributed by atoms with van der Waals surface area (Å²) < 4.78 is 20.5. The third-order valence-electron chi connectivity index (χ3n) is 3.20. The van der Waals surface area contributed by atoms with Gasteiger partial charge in [-0.05, 0) is 6.07 Å². The number of methoxy groups -OCH3 is 3. The number of carbonyl (C=O) groups is 1. The van der Waals surface area contributed by atoms with Gasteiger partial charge >= 0.3 is 5.97 Å². The van der Waals surface area contributed by atoms with Crippen molar-refractivity contribution in [2.75, 3.05) is 34.5 Å². The minimum Gasteiger partial charge on any atom is -0.497 e. The first-order valence-corrected chi connectivity index (χ1v) is 5.56. The molecule has 0 spiro atoms. The molecule has 1 aliphatic rings. The van der Waals surface area contributed by atoms with E-state index in [0.717, 1.165) is 5.56 Å². The standard InChI is InChI=1S/C13H16O5/c1-15-9-4-5-10(11(6-9)16-2)13(7-18-8-13)12(14)17-3/h4-6H,7-8H2,1-3H3. The molecule has 1 fully saturated rings. The van der Waals surface area contributed by atoms with Crippen LogP contribution in [0.3, 0.4) is 0 Å². The highest BCUT2D eigenvalue weighted by Crippen LogP contribution is 2.40. The summed E-state index contributed by atoms with van der Waals surface area (Å²) in [6.45, 7) is 0.616. The summed E-state index contributed by atoms with van der Waals surface area (Å²) in [7, 11) is 4.51. The Bertz CT molecular complexity index is 451. The number of rotatable bonds is 4. The molecule has 18 heavy (non-hydrogen) atoms. The van der Waals surface area contributed by atoms with Gasteiger partial charge in [-0.25, -0.2) is 0 Å². The smallest absolute Gasteiger partial charge is 0.321 e. The van der Waals surface area contributed by atoms with E-state index in [9.17, 15) is 4.79 Å². The number of ether oxygens (including phenoxy) is 4. The summed E-state index contributed by atoms with van der Waals surface area (Å²) in [5.41, 5.74) is 0.00993. The molecular weight excluding hydrogens is 236 g/mol. The van der Waals surface area contributed by atoms with Gasteiger partial charge in [0, 0.05) is 11.6 Å². The Morgan fingerprint density at radius 2 is 1.94 bits per heavy atom. The van der Waals surface area contributed by atoms with Crippen LogP contribution in [-0.4, -0.2) is 40.5 Å². The van der Waals surface area contributed by atoms with Crippen molar-refractivity contribution in [3.8, 4) is 11.5 Å². The van der Waals surface area contributed by atoms with Crippen molar-refractivity contribution in [3.05, 3.63) is 23.8 Å². The van der Waals surface area contributed by atoms with Gasteiger partial charge in [0.1, 0.15) is 16.9 Å². The predicted molar refractivity (Wildman–Crippen MR) is 64.1 cm³/mol. The lowest BCUT2D eigenvalue weighted by atomic mass is 9.78. The molecule has 0 aromatic heterocycles. The molecule has 0 aliphatic carbocycles. The molecule has 5 nitrogen and oxygen atoms in total. The zero-order valence-corrected chi connectivity index (χ0v) is 10.7. The van der Waals surface area contributed by atoms with Gasteiger partial charge in [0.15, 0.2) is 0 Å².